The van der Waals surface area contributed by atoms with Crippen molar-refractivity contribution in [1.82, 2.24) is 14.4 Å². The molecule has 0 radical (unpaired) electrons. The first-order valence-electron chi connectivity index (χ1n) is 11.6. The minimum atomic E-state index is 0.0660. The van der Waals surface area contributed by atoms with Crippen molar-refractivity contribution in [2.45, 2.75) is 20.0 Å². The van der Waals surface area contributed by atoms with Gasteiger partial charge in [0.1, 0.15) is 5.69 Å². The van der Waals surface area contributed by atoms with E-state index in [0.29, 0.717) is 35.4 Å². The summed E-state index contributed by atoms with van der Waals surface area (Å²) in [5, 5.41) is 2.34. The molecule has 1 fully saturated rings. The molecule has 0 N–H and O–H groups in total. The molecule has 34 heavy (non-hydrogen) atoms. The Balaban J connectivity index is 1.35. The molecule has 1 aliphatic rings. The quantitative estimate of drug-likeness (QED) is 0.329. The fraction of sp³-hybridized carbons (Fsp3) is 0.250. The van der Waals surface area contributed by atoms with Gasteiger partial charge in [-0.15, -0.1) is 0 Å². The molecule has 3 aromatic carbocycles. The number of halogens is 2. The van der Waals surface area contributed by atoms with E-state index >= 15 is 0 Å². The van der Waals surface area contributed by atoms with E-state index in [9.17, 15) is 4.79 Å². The van der Waals surface area contributed by atoms with Crippen LogP contribution in [0.5, 0.6) is 0 Å². The molecule has 5 rings (SSSR count). The number of carbonyl (C=O) groups is 1. The fourth-order valence-electron chi connectivity index (χ4n) is 4.58. The average molecular weight is 492 g/mol. The number of hydrogen-bond donors (Lipinski definition) is 0. The Morgan fingerprint density at radius 2 is 1.38 bits per heavy atom. The molecule has 0 unspecified atom stereocenters. The molecule has 0 saturated carbocycles. The van der Waals surface area contributed by atoms with Gasteiger partial charge in [0, 0.05) is 60.2 Å². The van der Waals surface area contributed by atoms with Gasteiger partial charge in [-0.1, -0.05) is 65.2 Å². The Hall–Kier alpha value is -2.79. The molecule has 1 aromatic heterocycles. The largest absolute Gasteiger partial charge is 0.335 e. The molecule has 2 heterocycles. The normalized spacial score (nSPS) is 14.6. The number of hydrogen-bond acceptors (Lipinski definition) is 2. The van der Waals surface area contributed by atoms with E-state index in [1.54, 1.807) is 0 Å². The second-order valence-electron chi connectivity index (χ2n) is 9.00. The maximum Gasteiger partial charge on any atom is 0.270 e. The third-order valence-corrected chi connectivity index (χ3v) is 7.01. The number of nitrogens with zero attached hydrogens (tertiary/aromatic N) is 3. The van der Waals surface area contributed by atoms with Crippen molar-refractivity contribution < 1.29 is 4.79 Å². The maximum atomic E-state index is 13.7. The summed E-state index contributed by atoms with van der Waals surface area (Å²) in [7, 11) is 0. The van der Waals surface area contributed by atoms with E-state index in [4.69, 9.17) is 23.2 Å². The highest BCUT2D eigenvalue weighted by Gasteiger charge is 2.25. The highest BCUT2D eigenvalue weighted by molar-refractivity contribution is 6.31. The third-order valence-electron chi connectivity index (χ3n) is 6.52. The molecule has 0 spiro atoms. The maximum absolute atomic E-state index is 13.7. The van der Waals surface area contributed by atoms with Crippen molar-refractivity contribution >= 4 is 40.0 Å². The van der Waals surface area contributed by atoms with Crippen molar-refractivity contribution in [3.8, 4) is 0 Å². The van der Waals surface area contributed by atoms with Crippen LogP contribution in [0.2, 0.25) is 10.0 Å². The second kappa shape index (κ2) is 9.83. The number of benzene rings is 3. The molecule has 1 amide bonds. The van der Waals surface area contributed by atoms with E-state index < -0.39 is 0 Å². The van der Waals surface area contributed by atoms with E-state index in [-0.39, 0.29) is 5.91 Å². The van der Waals surface area contributed by atoms with E-state index in [1.165, 1.54) is 11.1 Å². The van der Waals surface area contributed by atoms with Crippen LogP contribution in [0, 0.1) is 6.92 Å². The van der Waals surface area contributed by atoms with Gasteiger partial charge in [-0.2, -0.15) is 0 Å². The average Bonchev–Trinajstić information content (AvgIpc) is 3.19. The van der Waals surface area contributed by atoms with Crippen LogP contribution in [0.4, 0.5) is 0 Å². The van der Waals surface area contributed by atoms with Gasteiger partial charge in [-0.25, -0.2) is 0 Å². The summed E-state index contributed by atoms with van der Waals surface area (Å²) >= 11 is 12.3. The standard InChI is InChI=1S/C28H27Cl2N3O/c1-20-2-4-21(5-3-20)18-31-12-14-32(15-13-31)28(34)27-17-23-16-25(30)10-11-26(23)33(27)19-22-6-8-24(29)9-7-22/h2-11,16-17H,12-15,18-19H2,1H3. The zero-order valence-corrected chi connectivity index (χ0v) is 20.7. The van der Waals surface area contributed by atoms with Crippen molar-refractivity contribution in [1.29, 1.82) is 0 Å². The minimum absolute atomic E-state index is 0.0660. The fourth-order valence-corrected chi connectivity index (χ4v) is 4.89. The molecule has 174 valence electrons. The summed E-state index contributed by atoms with van der Waals surface area (Å²) < 4.78 is 2.09. The smallest absolute Gasteiger partial charge is 0.270 e. The van der Waals surface area contributed by atoms with Crippen molar-refractivity contribution in [3.05, 3.63) is 105 Å². The number of aromatic nitrogens is 1. The lowest BCUT2D eigenvalue weighted by molar-refractivity contribution is 0.0619. The molecule has 4 nitrogen and oxygen atoms in total. The second-order valence-corrected chi connectivity index (χ2v) is 9.87. The number of carbonyl (C=O) groups excluding carboxylic acids is 1. The summed E-state index contributed by atoms with van der Waals surface area (Å²) in [4.78, 5) is 18.0. The number of fused-ring (bicyclic) bond motifs is 1. The molecule has 1 saturated heterocycles. The predicted molar refractivity (Wildman–Crippen MR) is 140 cm³/mol. The lowest BCUT2D eigenvalue weighted by Crippen LogP contribution is -2.48. The predicted octanol–water partition coefficient (Wildman–Crippen LogP) is 6.26. The monoisotopic (exact) mass is 491 g/mol. The van der Waals surface area contributed by atoms with Crippen LogP contribution >= 0.6 is 23.2 Å². The summed E-state index contributed by atoms with van der Waals surface area (Å²) in [5.41, 5.74) is 5.37. The SMILES string of the molecule is Cc1ccc(CN2CCN(C(=O)c3cc4cc(Cl)ccc4n3Cc3ccc(Cl)cc3)CC2)cc1. The van der Waals surface area contributed by atoms with Gasteiger partial charge in [-0.05, 0) is 54.4 Å². The van der Waals surface area contributed by atoms with Crippen LogP contribution in [0.15, 0.2) is 72.8 Å². The Morgan fingerprint density at radius 1 is 0.765 bits per heavy atom. The number of aryl methyl sites for hydroxylation is 1. The lowest BCUT2D eigenvalue weighted by atomic mass is 10.1. The van der Waals surface area contributed by atoms with Crippen LogP contribution in [-0.4, -0.2) is 46.5 Å². The molecule has 0 bridgehead atoms. The number of amides is 1. The molecular formula is C28H27Cl2N3O. The van der Waals surface area contributed by atoms with Crippen LogP contribution in [0.25, 0.3) is 10.9 Å². The molecule has 4 aromatic rings. The molecule has 6 heteroatoms. The molecule has 0 atom stereocenters. The van der Waals surface area contributed by atoms with Gasteiger partial charge in [-0.3, -0.25) is 9.69 Å². The number of piperazine rings is 1. The topological polar surface area (TPSA) is 28.5 Å². The van der Waals surface area contributed by atoms with Gasteiger partial charge < -0.3 is 9.47 Å². The first-order chi connectivity index (χ1) is 16.5. The first-order valence-corrected chi connectivity index (χ1v) is 12.3. The highest BCUT2D eigenvalue weighted by Crippen LogP contribution is 2.26. The van der Waals surface area contributed by atoms with E-state index in [0.717, 1.165) is 36.1 Å². The zero-order valence-electron chi connectivity index (χ0n) is 19.2. The van der Waals surface area contributed by atoms with Gasteiger partial charge in [0.2, 0.25) is 0 Å². The Labute approximate surface area is 210 Å². The van der Waals surface area contributed by atoms with Crippen LogP contribution < -0.4 is 0 Å². The van der Waals surface area contributed by atoms with Crippen molar-refractivity contribution in [3.63, 3.8) is 0 Å². The lowest BCUT2D eigenvalue weighted by Gasteiger charge is -2.35. The van der Waals surface area contributed by atoms with Gasteiger partial charge in [0.25, 0.3) is 5.91 Å². The molecule has 0 aliphatic carbocycles. The Morgan fingerprint density at radius 3 is 2.09 bits per heavy atom. The summed E-state index contributed by atoms with van der Waals surface area (Å²) in [6.45, 7) is 6.77. The third kappa shape index (κ3) is 5.00. The first kappa shape index (κ1) is 23.0. The summed E-state index contributed by atoms with van der Waals surface area (Å²) in [6.07, 6.45) is 0. The van der Waals surface area contributed by atoms with E-state index in [1.807, 2.05) is 53.4 Å². The van der Waals surface area contributed by atoms with Gasteiger partial charge in [0.05, 0.1) is 0 Å². The van der Waals surface area contributed by atoms with Crippen LogP contribution in [0.1, 0.15) is 27.2 Å². The summed E-state index contributed by atoms with van der Waals surface area (Å²) in [5.74, 6) is 0.0660. The van der Waals surface area contributed by atoms with E-state index in [2.05, 4.69) is 40.7 Å². The number of rotatable bonds is 5. The van der Waals surface area contributed by atoms with Crippen molar-refractivity contribution in [2.75, 3.05) is 26.2 Å². The Kier molecular flexibility index (Phi) is 6.64. The molecule has 1 aliphatic heterocycles. The minimum Gasteiger partial charge on any atom is -0.335 e. The van der Waals surface area contributed by atoms with Crippen LogP contribution in [-0.2, 0) is 13.1 Å². The Bertz CT molecular complexity index is 1300. The molecular weight excluding hydrogens is 465 g/mol. The van der Waals surface area contributed by atoms with Gasteiger partial charge in [0.15, 0.2) is 0 Å². The van der Waals surface area contributed by atoms with Crippen molar-refractivity contribution in [2.24, 2.45) is 0 Å². The van der Waals surface area contributed by atoms with Gasteiger partial charge >= 0.3 is 0 Å². The summed E-state index contributed by atoms with van der Waals surface area (Å²) in [6, 6.07) is 24.2. The highest BCUT2D eigenvalue weighted by atomic mass is 35.5. The zero-order chi connectivity index (χ0) is 23.7. The van der Waals surface area contributed by atoms with Crippen LogP contribution in [0.3, 0.4) is 0 Å².